The summed E-state index contributed by atoms with van der Waals surface area (Å²) in [4.78, 5) is 2.15. The van der Waals surface area contributed by atoms with Crippen LogP contribution >= 0.6 is 11.8 Å². The molecule has 0 aliphatic heterocycles. The van der Waals surface area contributed by atoms with Crippen LogP contribution in [0.15, 0.2) is 52.3 Å². The van der Waals surface area contributed by atoms with E-state index in [1.54, 1.807) is 17.8 Å². The highest BCUT2D eigenvalue weighted by atomic mass is 32.2. The van der Waals surface area contributed by atoms with Crippen LogP contribution in [0.1, 0.15) is 24.1 Å². The summed E-state index contributed by atoms with van der Waals surface area (Å²) in [5.41, 5.74) is 7.95. The third-order valence-electron chi connectivity index (χ3n) is 2.68. The van der Waals surface area contributed by atoms with Gasteiger partial charge in [-0.05, 0) is 49.7 Å². The van der Waals surface area contributed by atoms with Crippen molar-refractivity contribution in [2.75, 3.05) is 0 Å². The van der Waals surface area contributed by atoms with Crippen LogP contribution in [-0.4, -0.2) is 0 Å². The fourth-order valence-corrected chi connectivity index (χ4v) is 2.92. The van der Waals surface area contributed by atoms with Gasteiger partial charge in [0.2, 0.25) is 0 Å². The molecule has 0 heterocycles. The van der Waals surface area contributed by atoms with Gasteiger partial charge >= 0.3 is 0 Å². The summed E-state index contributed by atoms with van der Waals surface area (Å²) in [6.07, 6.45) is 0. The minimum atomic E-state index is -0.240. The number of nitrogens with two attached hydrogens (primary N) is 1. The molecule has 0 radical (unpaired) electrons. The van der Waals surface area contributed by atoms with E-state index < -0.39 is 0 Å². The zero-order valence-corrected chi connectivity index (χ0v) is 11.3. The number of halogens is 1. The van der Waals surface area contributed by atoms with Gasteiger partial charge in [-0.2, -0.15) is 0 Å². The summed E-state index contributed by atoms with van der Waals surface area (Å²) in [6, 6.07) is 12.8. The van der Waals surface area contributed by atoms with Crippen molar-refractivity contribution in [2.45, 2.75) is 29.7 Å². The normalized spacial score (nSPS) is 12.4. The molecule has 1 nitrogen and oxygen atoms in total. The molecule has 2 aromatic carbocycles. The van der Waals surface area contributed by atoms with Crippen molar-refractivity contribution < 1.29 is 4.39 Å². The molecule has 0 aliphatic rings. The van der Waals surface area contributed by atoms with E-state index in [2.05, 4.69) is 19.1 Å². The predicted octanol–water partition coefficient (Wildman–Crippen LogP) is 4.31. The number of rotatable bonds is 3. The summed E-state index contributed by atoms with van der Waals surface area (Å²) in [7, 11) is 0. The maximum absolute atomic E-state index is 13.2. The summed E-state index contributed by atoms with van der Waals surface area (Å²) >= 11 is 1.62. The Bertz CT molecular complexity index is 552. The Morgan fingerprint density at radius 1 is 1.17 bits per heavy atom. The van der Waals surface area contributed by atoms with E-state index in [4.69, 9.17) is 5.73 Å². The summed E-state index contributed by atoms with van der Waals surface area (Å²) in [5.74, 6) is -0.240. The van der Waals surface area contributed by atoms with E-state index in [1.165, 1.54) is 17.7 Å². The molecule has 94 valence electrons. The van der Waals surface area contributed by atoms with Gasteiger partial charge in [0.15, 0.2) is 0 Å². The van der Waals surface area contributed by atoms with Crippen LogP contribution in [0.25, 0.3) is 0 Å². The van der Waals surface area contributed by atoms with Crippen LogP contribution in [0, 0.1) is 12.7 Å². The Hall–Kier alpha value is -1.32. The standard InChI is InChI=1S/C15H16FNS/c1-10-4-3-5-13(8-10)18-15-7-6-12(16)9-14(15)11(2)17/h3-9,11H,17H2,1-2H3/t11-/m1/s1. The first-order chi connectivity index (χ1) is 8.56. The van der Waals surface area contributed by atoms with Crippen molar-refractivity contribution in [2.24, 2.45) is 5.73 Å². The summed E-state index contributed by atoms with van der Waals surface area (Å²) in [6.45, 7) is 3.93. The average molecular weight is 261 g/mol. The first kappa shape index (κ1) is 13.1. The van der Waals surface area contributed by atoms with Gasteiger partial charge in [0.05, 0.1) is 0 Å². The molecule has 0 bridgehead atoms. The third-order valence-corrected chi connectivity index (χ3v) is 3.76. The lowest BCUT2D eigenvalue weighted by Crippen LogP contribution is -2.06. The van der Waals surface area contributed by atoms with E-state index in [-0.39, 0.29) is 11.9 Å². The molecule has 18 heavy (non-hydrogen) atoms. The molecule has 0 saturated heterocycles. The molecule has 0 fully saturated rings. The lowest BCUT2D eigenvalue weighted by atomic mass is 10.1. The van der Waals surface area contributed by atoms with E-state index in [0.29, 0.717) is 0 Å². The minimum absolute atomic E-state index is 0.173. The summed E-state index contributed by atoms with van der Waals surface area (Å²) in [5, 5.41) is 0. The predicted molar refractivity (Wildman–Crippen MR) is 74.3 cm³/mol. The molecule has 2 N–H and O–H groups in total. The molecule has 0 unspecified atom stereocenters. The largest absolute Gasteiger partial charge is 0.324 e. The van der Waals surface area contributed by atoms with E-state index in [0.717, 1.165) is 15.4 Å². The van der Waals surface area contributed by atoms with Crippen molar-refractivity contribution in [1.29, 1.82) is 0 Å². The Labute approximate surface area is 111 Å². The van der Waals surface area contributed by atoms with Crippen LogP contribution in [0.5, 0.6) is 0 Å². The Morgan fingerprint density at radius 2 is 1.94 bits per heavy atom. The van der Waals surface area contributed by atoms with Gasteiger partial charge in [-0.15, -0.1) is 0 Å². The highest BCUT2D eigenvalue weighted by Gasteiger charge is 2.09. The molecule has 0 spiro atoms. The van der Waals surface area contributed by atoms with Crippen molar-refractivity contribution in [3.8, 4) is 0 Å². The molecule has 0 saturated carbocycles. The lowest BCUT2D eigenvalue weighted by Gasteiger charge is -2.12. The van der Waals surface area contributed by atoms with Gasteiger partial charge in [0.1, 0.15) is 5.82 Å². The minimum Gasteiger partial charge on any atom is -0.324 e. The van der Waals surface area contributed by atoms with Gasteiger partial charge in [0.25, 0.3) is 0 Å². The monoisotopic (exact) mass is 261 g/mol. The van der Waals surface area contributed by atoms with Crippen molar-refractivity contribution in [3.05, 3.63) is 59.4 Å². The van der Waals surface area contributed by atoms with E-state index in [1.807, 2.05) is 19.1 Å². The van der Waals surface area contributed by atoms with Crippen LogP contribution in [0.3, 0.4) is 0 Å². The molecule has 1 atom stereocenters. The quantitative estimate of drug-likeness (QED) is 0.891. The number of hydrogen-bond donors (Lipinski definition) is 1. The first-order valence-corrected chi connectivity index (χ1v) is 6.67. The topological polar surface area (TPSA) is 26.0 Å². The lowest BCUT2D eigenvalue weighted by molar-refractivity contribution is 0.619. The molecule has 2 aromatic rings. The molecule has 0 aliphatic carbocycles. The third kappa shape index (κ3) is 3.12. The Kier molecular flexibility index (Phi) is 4.04. The van der Waals surface area contributed by atoms with Gasteiger partial charge in [-0.1, -0.05) is 29.5 Å². The van der Waals surface area contributed by atoms with Crippen LogP contribution in [0.4, 0.5) is 4.39 Å². The van der Waals surface area contributed by atoms with Crippen LogP contribution in [-0.2, 0) is 0 Å². The highest BCUT2D eigenvalue weighted by Crippen LogP contribution is 2.33. The maximum atomic E-state index is 13.2. The second-order valence-electron chi connectivity index (χ2n) is 4.39. The second-order valence-corrected chi connectivity index (χ2v) is 5.50. The molecule has 2 rings (SSSR count). The van der Waals surface area contributed by atoms with Crippen LogP contribution < -0.4 is 5.73 Å². The Balaban J connectivity index is 2.34. The van der Waals surface area contributed by atoms with Crippen molar-refractivity contribution in [3.63, 3.8) is 0 Å². The van der Waals surface area contributed by atoms with Crippen molar-refractivity contribution >= 4 is 11.8 Å². The smallest absolute Gasteiger partial charge is 0.123 e. The zero-order chi connectivity index (χ0) is 13.1. The van der Waals surface area contributed by atoms with E-state index >= 15 is 0 Å². The first-order valence-electron chi connectivity index (χ1n) is 5.86. The van der Waals surface area contributed by atoms with Gasteiger partial charge in [-0.3, -0.25) is 0 Å². The fourth-order valence-electron chi connectivity index (χ4n) is 1.77. The number of benzene rings is 2. The number of hydrogen-bond acceptors (Lipinski definition) is 2. The van der Waals surface area contributed by atoms with E-state index in [9.17, 15) is 4.39 Å². The summed E-state index contributed by atoms with van der Waals surface area (Å²) < 4.78 is 13.2. The maximum Gasteiger partial charge on any atom is 0.123 e. The molecule has 0 amide bonds. The molecule has 0 aromatic heterocycles. The second kappa shape index (κ2) is 5.55. The molecular formula is C15H16FNS. The van der Waals surface area contributed by atoms with Gasteiger partial charge < -0.3 is 5.73 Å². The highest BCUT2D eigenvalue weighted by molar-refractivity contribution is 7.99. The van der Waals surface area contributed by atoms with Crippen LogP contribution in [0.2, 0.25) is 0 Å². The van der Waals surface area contributed by atoms with Gasteiger partial charge in [0, 0.05) is 15.8 Å². The Morgan fingerprint density at radius 3 is 2.61 bits per heavy atom. The average Bonchev–Trinajstić information content (AvgIpc) is 2.31. The fraction of sp³-hybridized carbons (Fsp3) is 0.200. The molecular weight excluding hydrogens is 245 g/mol. The number of aryl methyl sites for hydroxylation is 1. The SMILES string of the molecule is Cc1cccc(Sc2ccc(F)cc2[C@@H](C)N)c1. The zero-order valence-electron chi connectivity index (χ0n) is 10.5. The van der Waals surface area contributed by atoms with Crippen molar-refractivity contribution in [1.82, 2.24) is 0 Å². The van der Waals surface area contributed by atoms with Gasteiger partial charge in [-0.25, -0.2) is 4.39 Å². The molecule has 3 heteroatoms.